The summed E-state index contributed by atoms with van der Waals surface area (Å²) in [6.45, 7) is 1.91. The second kappa shape index (κ2) is 8.06. The van der Waals surface area contributed by atoms with Crippen molar-refractivity contribution in [3.05, 3.63) is 72.3 Å². The molecule has 1 aromatic heterocycles. The second-order valence-electron chi connectivity index (χ2n) is 6.53. The van der Waals surface area contributed by atoms with Gasteiger partial charge >= 0.3 is 0 Å². The van der Waals surface area contributed by atoms with E-state index in [4.69, 9.17) is 13.9 Å². The highest BCUT2D eigenvalue weighted by atomic mass is 16.5. The lowest BCUT2D eigenvalue weighted by Gasteiger charge is -2.08. The molecule has 4 aromatic rings. The van der Waals surface area contributed by atoms with Gasteiger partial charge in [0, 0.05) is 17.3 Å². The van der Waals surface area contributed by atoms with E-state index < -0.39 is 0 Å². The minimum Gasteiger partial charge on any atom is -0.497 e. The Balaban J connectivity index is 1.43. The summed E-state index contributed by atoms with van der Waals surface area (Å²) < 4.78 is 16.5. The van der Waals surface area contributed by atoms with Gasteiger partial charge in [-0.25, -0.2) is 4.98 Å². The number of hydrogen-bond donors (Lipinski definition) is 1. The molecule has 0 unspecified atom stereocenters. The van der Waals surface area contributed by atoms with E-state index in [2.05, 4.69) is 10.3 Å². The van der Waals surface area contributed by atoms with Crippen molar-refractivity contribution in [2.45, 2.75) is 6.92 Å². The molecule has 0 aliphatic rings. The number of nitrogens with zero attached hydrogens (tertiary/aromatic N) is 1. The number of benzene rings is 3. The number of carbonyl (C=O) groups is 1. The van der Waals surface area contributed by atoms with Crippen LogP contribution in [-0.2, 0) is 4.79 Å². The summed E-state index contributed by atoms with van der Waals surface area (Å²) >= 11 is 0. The minimum atomic E-state index is -0.265. The fourth-order valence-corrected chi connectivity index (χ4v) is 2.95. The average molecular weight is 388 g/mol. The molecule has 0 aliphatic carbocycles. The van der Waals surface area contributed by atoms with Crippen LogP contribution in [0.25, 0.3) is 22.6 Å². The van der Waals surface area contributed by atoms with Gasteiger partial charge < -0.3 is 19.2 Å². The van der Waals surface area contributed by atoms with Crippen molar-refractivity contribution in [2.24, 2.45) is 0 Å². The molecular weight excluding hydrogens is 368 g/mol. The largest absolute Gasteiger partial charge is 0.497 e. The monoisotopic (exact) mass is 388 g/mol. The molecular formula is C23H20N2O4. The maximum Gasteiger partial charge on any atom is 0.262 e. The van der Waals surface area contributed by atoms with Crippen molar-refractivity contribution in [1.82, 2.24) is 4.98 Å². The van der Waals surface area contributed by atoms with Crippen molar-refractivity contribution in [3.8, 4) is 23.0 Å². The Morgan fingerprint density at radius 2 is 1.79 bits per heavy atom. The van der Waals surface area contributed by atoms with Crippen LogP contribution in [0, 0.1) is 6.92 Å². The number of carbonyl (C=O) groups excluding carboxylic acids is 1. The van der Waals surface area contributed by atoms with Gasteiger partial charge in [-0.15, -0.1) is 0 Å². The molecule has 0 bridgehead atoms. The molecule has 146 valence electrons. The smallest absolute Gasteiger partial charge is 0.262 e. The van der Waals surface area contributed by atoms with Gasteiger partial charge in [0.25, 0.3) is 5.91 Å². The number of amides is 1. The lowest BCUT2D eigenvalue weighted by atomic mass is 10.1. The van der Waals surface area contributed by atoms with Crippen molar-refractivity contribution in [3.63, 3.8) is 0 Å². The summed E-state index contributed by atoms with van der Waals surface area (Å²) in [7, 11) is 1.60. The SMILES string of the molecule is COc1ccc(OCC(=O)Nc2ccc3nc(-c4ccccc4C)oc3c2)cc1. The molecule has 0 spiro atoms. The fourth-order valence-electron chi connectivity index (χ4n) is 2.95. The van der Waals surface area contributed by atoms with Gasteiger partial charge in [0.05, 0.1) is 7.11 Å². The molecule has 0 atom stereocenters. The standard InChI is InChI=1S/C23H20N2O4/c1-15-5-3-4-6-19(15)23-25-20-12-7-16(13-21(20)29-23)24-22(26)14-28-18-10-8-17(27-2)9-11-18/h3-13H,14H2,1-2H3,(H,24,26). The van der Waals surface area contributed by atoms with Crippen molar-refractivity contribution >= 4 is 22.7 Å². The highest BCUT2D eigenvalue weighted by Crippen LogP contribution is 2.28. The van der Waals surface area contributed by atoms with E-state index in [1.165, 1.54) is 0 Å². The van der Waals surface area contributed by atoms with E-state index in [0.717, 1.165) is 22.4 Å². The topological polar surface area (TPSA) is 73.6 Å². The fraction of sp³-hybridized carbons (Fsp3) is 0.130. The summed E-state index contributed by atoms with van der Waals surface area (Å²) in [5.74, 6) is 1.62. The molecule has 0 saturated carbocycles. The Bertz CT molecular complexity index is 1150. The van der Waals surface area contributed by atoms with Crippen LogP contribution in [0.1, 0.15) is 5.56 Å². The predicted molar refractivity (Wildman–Crippen MR) is 111 cm³/mol. The Kier molecular flexibility index (Phi) is 5.16. The summed E-state index contributed by atoms with van der Waals surface area (Å²) in [6.07, 6.45) is 0. The van der Waals surface area contributed by atoms with Crippen LogP contribution < -0.4 is 14.8 Å². The molecule has 0 fully saturated rings. The third kappa shape index (κ3) is 4.21. The molecule has 1 amide bonds. The Morgan fingerprint density at radius 1 is 1.03 bits per heavy atom. The minimum absolute atomic E-state index is 0.102. The highest BCUT2D eigenvalue weighted by Gasteiger charge is 2.12. The number of methoxy groups -OCH3 is 1. The first kappa shape index (κ1) is 18.6. The maximum atomic E-state index is 12.2. The van der Waals surface area contributed by atoms with Crippen LogP contribution in [-0.4, -0.2) is 24.6 Å². The summed E-state index contributed by atoms with van der Waals surface area (Å²) in [6, 6.07) is 20.3. The second-order valence-corrected chi connectivity index (χ2v) is 6.53. The van der Waals surface area contributed by atoms with E-state index in [1.54, 1.807) is 43.5 Å². The zero-order valence-corrected chi connectivity index (χ0v) is 16.1. The number of ether oxygens (including phenoxy) is 2. The first-order valence-corrected chi connectivity index (χ1v) is 9.16. The van der Waals surface area contributed by atoms with E-state index in [0.29, 0.717) is 22.9 Å². The number of oxazole rings is 1. The van der Waals surface area contributed by atoms with E-state index >= 15 is 0 Å². The van der Waals surface area contributed by atoms with Gasteiger partial charge in [0.1, 0.15) is 17.0 Å². The van der Waals surface area contributed by atoms with Gasteiger partial charge in [0.2, 0.25) is 5.89 Å². The zero-order valence-electron chi connectivity index (χ0n) is 16.1. The zero-order chi connectivity index (χ0) is 20.2. The number of rotatable bonds is 6. The van der Waals surface area contributed by atoms with Crippen LogP contribution in [0.2, 0.25) is 0 Å². The van der Waals surface area contributed by atoms with Gasteiger partial charge in [-0.05, 0) is 55.0 Å². The Labute approximate surface area is 168 Å². The predicted octanol–water partition coefficient (Wildman–Crippen LogP) is 4.83. The third-order valence-corrected chi connectivity index (χ3v) is 4.48. The van der Waals surface area contributed by atoms with Gasteiger partial charge in [0.15, 0.2) is 12.2 Å². The Hall–Kier alpha value is -3.80. The number of anilines is 1. The summed E-state index contributed by atoms with van der Waals surface area (Å²) in [5, 5.41) is 2.81. The lowest BCUT2D eigenvalue weighted by molar-refractivity contribution is -0.118. The average Bonchev–Trinajstić information content (AvgIpc) is 3.16. The molecule has 1 N–H and O–H groups in total. The highest BCUT2D eigenvalue weighted by molar-refractivity contribution is 5.94. The van der Waals surface area contributed by atoms with Crippen LogP contribution in [0.4, 0.5) is 5.69 Å². The lowest BCUT2D eigenvalue weighted by Crippen LogP contribution is -2.20. The molecule has 29 heavy (non-hydrogen) atoms. The number of aromatic nitrogens is 1. The van der Waals surface area contributed by atoms with Crippen LogP contribution in [0.5, 0.6) is 11.5 Å². The molecule has 0 saturated heterocycles. The van der Waals surface area contributed by atoms with E-state index in [1.807, 2.05) is 37.3 Å². The summed E-state index contributed by atoms with van der Waals surface area (Å²) in [4.78, 5) is 16.7. The Morgan fingerprint density at radius 3 is 2.55 bits per heavy atom. The van der Waals surface area contributed by atoms with Crippen LogP contribution in [0.15, 0.2) is 71.1 Å². The number of aryl methyl sites for hydroxylation is 1. The van der Waals surface area contributed by atoms with Gasteiger partial charge in [-0.1, -0.05) is 18.2 Å². The molecule has 0 radical (unpaired) electrons. The third-order valence-electron chi connectivity index (χ3n) is 4.48. The van der Waals surface area contributed by atoms with Crippen molar-refractivity contribution in [1.29, 1.82) is 0 Å². The molecule has 1 heterocycles. The first-order valence-electron chi connectivity index (χ1n) is 9.16. The van der Waals surface area contributed by atoms with E-state index in [-0.39, 0.29) is 12.5 Å². The number of nitrogens with one attached hydrogen (secondary N) is 1. The maximum absolute atomic E-state index is 12.2. The quantitative estimate of drug-likeness (QED) is 0.512. The van der Waals surface area contributed by atoms with Crippen molar-refractivity contribution in [2.75, 3.05) is 19.0 Å². The summed E-state index contributed by atoms with van der Waals surface area (Å²) in [5.41, 5.74) is 3.99. The first-order chi connectivity index (χ1) is 14.1. The molecule has 6 nitrogen and oxygen atoms in total. The normalized spacial score (nSPS) is 10.7. The molecule has 0 aliphatic heterocycles. The van der Waals surface area contributed by atoms with Crippen LogP contribution >= 0.6 is 0 Å². The molecule has 4 rings (SSSR count). The van der Waals surface area contributed by atoms with E-state index in [9.17, 15) is 4.79 Å². The molecule has 3 aromatic carbocycles. The van der Waals surface area contributed by atoms with Crippen molar-refractivity contribution < 1.29 is 18.7 Å². The van der Waals surface area contributed by atoms with Gasteiger partial charge in [-0.2, -0.15) is 0 Å². The number of fused-ring (bicyclic) bond motifs is 1. The van der Waals surface area contributed by atoms with Gasteiger partial charge in [-0.3, -0.25) is 4.79 Å². The molecule has 6 heteroatoms. The number of hydrogen-bond acceptors (Lipinski definition) is 5. The van der Waals surface area contributed by atoms with Crippen LogP contribution in [0.3, 0.4) is 0 Å².